The van der Waals surface area contributed by atoms with E-state index in [4.69, 9.17) is 4.74 Å². The van der Waals surface area contributed by atoms with Gasteiger partial charge in [-0.3, -0.25) is 10.1 Å². The fourth-order valence-corrected chi connectivity index (χ4v) is 2.47. The third kappa shape index (κ3) is 3.67. The summed E-state index contributed by atoms with van der Waals surface area (Å²) in [5.41, 5.74) is 0.879. The summed E-state index contributed by atoms with van der Waals surface area (Å²) in [5, 5.41) is 14.3. The minimum absolute atomic E-state index is 0.0605. The molecule has 0 saturated carbocycles. The summed E-state index contributed by atoms with van der Waals surface area (Å²) in [6.45, 7) is 4.52. The summed E-state index contributed by atoms with van der Waals surface area (Å²) < 4.78 is 5.67. The van der Waals surface area contributed by atoms with Crippen molar-refractivity contribution in [2.75, 3.05) is 19.7 Å². The molecule has 2 rings (SSSR count). The van der Waals surface area contributed by atoms with Crippen LogP contribution in [-0.4, -0.2) is 24.6 Å². The molecular weight excluding hydrogens is 244 g/mol. The van der Waals surface area contributed by atoms with Crippen molar-refractivity contribution < 1.29 is 9.66 Å². The van der Waals surface area contributed by atoms with Crippen molar-refractivity contribution >= 4 is 5.69 Å². The molecule has 1 heterocycles. The molecule has 0 aromatic heterocycles. The summed E-state index contributed by atoms with van der Waals surface area (Å²) in [7, 11) is 0. The van der Waals surface area contributed by atoms with E-state index in [0.717, 1.165) is 25.1 Å². The summed E-state index contributed by atoms with van der Waals surface area (Å²) in [6.07, 6.45) is 3.30. The van der Waals surface area contributed by atoms with Crippen molar-refractivity contribution in [3.63, 3.8) is 0 Å². The van der Waals surface area contributed by atoms with Crippen molar-refractivity contribution in [1.29, 1.82) is 0 Å². The van der Waals surface area contributed by atoms with E-state index in [0.29, 0.717) is 18.3 Å². The number of piperidine rings is 1. The molecule has 5 heteroatoms. The van der Waals surface area contributed by atoms with E-state index in [1.165, 1.54) is 18.9 Å². The first-order chi connectivity index (χ1) is 9.18. The number of benzene rings is 1. The first-order valence-corrected chi connectivity index (χ1v) is 6.76. The maximum Gasteiger partial charge on any atom is 0.311 e. The number of hydrogen-bond acceptors (Lipinski definition) is 4. The zero-order valence-electron chi connectivity index (χ0n) is 11.2. The van der Waals surface area contributed by atoms with Gasteiger partial charge < -0.3 is 10.1 Å². The molecule has 0 spiro atoms. The largest absolute Gasteiger partial charge is 0.487 e. The van der Waals surface area contributed by atoms with Crippen LogP contribution in [0, 0.1) is 23.0 Å². The van der Waals surface area contributed by atoms with Crippen LogP contribution >= 0.6 is 0 Å². The van der Waals surface area contributed by atoms with Crippen LogP contribution in [0.4, 0.5) is 5.69 Å². The molecular formula is C14H20N2O3. The first kappa shape index (κ1) is 13.8. The number of nitro groups is 1. The van der Waals surface area contributed by atoms with Crippen molar-refractivity contribution in [2.24, 2.45) is 5.92 Å². The predicted molar refractivity (Wildman–Crippen MR) is 73.5 cm³/mol. The predicted octanol–water partition coefficient (Wildman–Crippen LogP) is 2.67. The smallest absolute Gasteiger partial charge is 0.311 e. The Bertz CT molecular complexity index is 442. The van der Waals surface area contributed by atoms with Crippen molar-refractivity contribution in [3.05, 3.63) is 33.9 Å². The highest BCUT2D eigenvalue weighted by molar-refractivity contribution is 5.51. The highest BCUT2D eigenvalue weighted by atomic mass is 16.6. The van der Waals surface area contributed by atoms with E-state index in [1.807, 2.05) is 13.0 Å². The molecule has 0 unspecified atom stereocenters. The lowest BCUT2D eigenvalue weighted by Crippen LogP contribution is -2.28. The van der Waals surface area contributed by atoms with Gasteiger partial charge in [0.1, 0.15) is 0 Å². The van der Waals surface area contributed by atoms with Gasteiger partial charge in [-0.25, -0.2) is 0 Å². The maximum atomic E-state index is 11.0. The standard InChI is InChI=1S/C14H20N2O3/c1-11-3-2-4-13(16(17)18)14(11)19-10-7-12-5-8-15-9-6-12/h2-4,12,15H,5-10H2,1H3. The lowest BCUT2D eigenvalue weighted by Gasteiger charge is -2.22. The van der Waals surface area contributed by atoms with Gasteiger partial charge in [-0.15, -0.1) is 0 Å². The Morgan fingerprint density at radius 3 is 2.84 bits per heavy atom. The van der Waals surface area contributed by atoms with E-state index < -0.39 is 0 Å². The van der Waals surface area contributed by atoms with Gasteiger partial charge in [-0.1, -0.05) is 12.1 Å². The summed E-state index contributed by atoms with van der Waals surface area (Å²) in [6, 6.07) is 5.02. The molecule has 0 aliphatic carbocycles. The van der Waals surface area contributed by atoms with Crippen LogP contribution in [0.1, 0.15) is 24.8 Å². The quantitative estimate of drug-likeness (QED) is 0.656. The second-order valence-corrected chi connectivity index (χ2v) is 5.01. The molecule has 1 saturated heterocycles. The molecule has 0 atom stereocenters. The minimum Gasteiger partial charge on any atom is -0.487 e. The molecule has 104 valence electrons. The second-order valence-electron chi connectivity index (χ2n) is 5.01. The van der Waals surface area contributed by atoms with Gasteiger partial charge in [-0.05, 0) is 50.8 Å². The highest BCUT2D eigenvalue weighted by Crippen LogP contribution is 2.30. The number of nitrogens with zero attached hydrogens (tertiary/aromatic N) is 1. The number of aryl methyl sites for hydroxylation is 1. The molecule has 1 aliphatic rings. The summed E-state index contributed by atoms with van der Waals surface area (Å²) >= 11 is 0. The van der Waals surface area contributed by atoms with Gasteiger partial charge in [0.15, 0.2) is 5.75 Å². The highest BCUT2D eigenvalue weighted by Gasteiger charge is 2.18. The Hall–Kier alpha value is -1.62. The Morgan fingerprint density at radius 1 is 1.42 bits per heavy atom. The minimum atomic E-state index is -0.382. The van der Waals surface area contributed by atoms with E-state index >= 15 is 0 Å². The molecule has 0 radical (unpaired) electrons. The van der Waals surface area contributed by atoms with Crippen LogP contribution in [0.2, 0.25) is 0 Å². The first-order valence-electron chi connectivity index (χ1n) is 6.76. The van der Waals surface area contributed by atoms with Crippen LogP contribution in [-0.2, 0) is 0 Å². The lowest BCUT2D eigenvalue weighted by molar-refractivity contribution is -0.385. The number of para-hydroxylation sites is 1. The van der Waals surface area contributed by atoms with Crippen LogP contribution in [0.3, 0.4) is 0 Å². The molecule has 19 heavy (non-hydrogen) atoms. The molecule has 1 aliphatic heterocycles. The molecule has 5 nitrogen and oxygen atoms in total. The van der Waals surface area contributed by atoms with Gasteiger partial charge in [0.2, 0.25) is 0 Å². The monoisotopic (exact) mass is 264 g/mol. The van der Waals surface area contributed by atoms with Gasteiger partial charge in [0.05, 0.1) is 11.5 Å². The molecule has 0 amide bonds. The third-order valence-electron chi connectivity index (χ3n) is 3.62. The Kier molecular flexibility index (Phi) is 4.74. The Balaban J connectivity index is 1.93. The number of rotatable bonds is 5. The van der Waals surface area contributed by atoms with E-state index in [9.17, 15) is 10.1 Å². The van der Waals surface area contributed by atoms with Gasteiger partial charge in [-0.2, -0.15) is 0 Å². The van der Waals surface area contributed by atoms with Crippen molar-refractivity contribution in [2.45, 2.75) is 26.2 Å². The third-order valence-corrected chi connectivity index (χ3v) is 3.62. The Morgan fingerprint density at radius 2 is 2.16 bits per heavy atom. The van der Waals surface area contributed by atoms with Gasteiger partial charge in [0.25, 0.3) is 0 Å². The molecule has 0 bridgehead atoms. The normalized spacial score (nSPS) is 16.3. The zero-order valence-corrected chi connectivity index (χ0v) is 11.2. The summed E-state index contributed by atoms with van der Waals surface area (Å²) in [4.78, 5) is 10.6. The molecule has 1 aromatic carbocycles. The van der Waals surface area contributed by atoms with Crippen LogP contribution < -0.4 is 10.1 Å². The van der Waals surface area contributed by atoms with Crippen LogP contribution in [0.25, 0.3) is 0 Å². The number of nitrogens with one attached hydrogen (secondary N) is 1. The van der Waals surface area contributed by atoms with Crippen molar-refractivity contribution in [3.8, 4) is 5.75 Å². The van der Waals surface area contributed by atoms with E-state index in [-0.39, 0.29) is 10.6 Å². The summed E-state index contributed by atoms with van der Waals surface area (Å²) in [5.74, 6) is 1.09. The fourth-order valence-electron chi connectivity index (χ4n) is 2.47. The molecule has 1 N–H and O–H groups in total. The number of nitro benzene ring substituents is 1. The van der Waals surface area contributed by atoms with Crippen LogP contribution in [0.15, 0.2) is 18.2 Å². The van der Waals surface area contributed by atoms with E-state index in [1.54, 1.807) is 6.07 Å². The van der Waals surface area contributed by atoms with E-state index in [2.05, 4.69) is 5.32 Å². The average molecular weight is 264 g/mol. The van der Waals surface area contributed by atoms with Gasteiger partial charge >= 0.3 is 5.69 Å². The molecule has 1 aromatic rings. The number of hydrogen-bond donors (Lipinski definition) is 1. The lowest BCUT2D eigenvalue weighted by atomic mass is 9.95. The number of ether oxygens (including phenoxy) is 1. The topological polar surface area (TPSA) is 64.4 Å². The van der Waals surface area contributed by atoms with Crippen LogP contribution in [0.5, 0.6) is 5.75 Å². The average Bonchev–Trinajstić information content (AvgIpc) is 2.41. The van der Waals surface area contributed by atoms with Crippen molar-refractivity contribution in [1.82, 2.24) is 5.32 Å². The zero-order chi connectivity index (χ0) is 13.7. The SMILES string of the molecule is Cc1cccc([N+](=O)[O-])c1OCCC1CCNCC1. The Labute approximate surface area is 113 Å². The fraction of sp³-hybridized carbons (Fsp3) is 0.571. The second kappa shape index (κ2) is 6.52. The molecule has 1 fully saturated rings. The van der Waals surface area contributed by atoms with Gasteiger partial charge in [0, 0.05) is 6.07 Å². The maximum absolute atomic E-state index is 11.0.